The summed E-state index contributed by atoms with van der Waals surface area (Å²) < 4.78 is 0. The first-order valence-electron chi connectivity index (χ1n) is 7.72. The second-order valence-electron chi connectivity index (χ2n) is 5.97. The molecule has 2 atom stereocenters. The maximum Gasteiger partial charge on any atom is 0.0440 e. The summed E-state index contributed by atoms with van der Waals surface area (Å²) in [7, 11) is 0. The van der Waals surface area contributed by atoms with Gasteiger partial charge in [-0.05, 0) is 56.3 Å². The number of nitrogens with zero attached hydrogens (tertiary/aromatic N) is 1. The Balaban J connectivity index is 1.94. The molecule has 108 valence electrons. The zero-order valence-electron chi connectivity index (χ0n) is 12.6. The highest BCUT2D eigenvalue weighted by atomic mass is 32.1. The van der Waals surface area contributed by atoms with Crippen LogP contribution < -0.4 is 5.32 Å². The van der Waals surface area contributed by atoms with Crippen LogP contribution in [0, 0.1) is 5.92 Å². The minimum atomic E-state index is 0.526. The summed E-state index contributed by atoms with van der Waals surface area (Å²) in [6, 6.07) is 5.66. The van der Waals surface area contributed by atoms with Crippen LogP contribution in [0.2, 0.25) is 0 Å². The van der Waals surface area contributed by atoms with Crippen LogP contribution in [0.5, 0.6) is 0 Å². The van der Waals surface area contributed by atoms with E-state index >= 15 is 0 Å². The third-order valence-electron chi connectivity index (χ3n) is 4.20. The number of likely N-dealkylation sites (tertiary alicyclic amines) is 1. The molecule has 1 aliphatic heterocycles. The van der Waals surface area contributed by atoms with E-state index in [2.05, 4.69) is 48.5 Å². The highest BCUT2D eigenvalue weighted by molar-refractivity contribution is 7.10. The van der Waals surface area contributed by atoms with E-state index in [0.717, 1.165) is 0 Å². The standard InChI is InChI=1S/C16H28N2S/c1-4-18-10-5-7-14(9-11-18)17-16(13(2)3)15-8-6-12-19-15/h6,8,12-14,16-17H,4-5,7,9-11H2,1-3H3. The summed E-state index contributed by atoms with van der Waals surface area (Å²) in [6.07, 6.45) is 3.95. The van der Waals surface area contributed by atoms with Crippen LogP contribution in [-0.2, 0) is 0 Å². The first-order chi connectivity index (χ1) is 9.20. The Labute approximate surface area is 122 Å². The van der Waals surface area contributed by atoms with Crippen molar-refractivity contribution in [2.75, 3.05) is 19.6 Å². The largest absolute Gasteiger partial charge is 0.306 e. The topological polar surface area (TPSA) is 15.3 Å². The van der Waals surface area contributed by atoms with Crippen molar-refractivity contribution in [3.05, 3.63) is 22.4 Å². The van der Waals surface area contributed by atoms with E-state index in [0.29, 0.717) is 18.0 Å². The Morgan fingerprint density at radius 1 is 1.37 bits per heavy atom. The van der Waals surface area contributed by atoms with Crippen molar-refractivity contribution in [1.82, 2.24) is 10.2 Å². The molecule has 0 radical (unpaired) electrons. The number of rotatable bonds is 5. The molecule has 1 aliphatic rings. The lowest BCUT2D eigenvalue weighted by Crippen LogP contribution is -2.36. The average Bonchev–Trinajstić information content (AvgIpc) is 2.82. The molecule has 2 unspecified atom stereocenters. The van der Waals surface area contributed by atoms with Gasteiger partial charge in [0.15, 0.2) is 0 Å². The van der Waals surface area contributed by atoms with Crippen molar-refractivity contribution in [3.8, 4) is 0 Å². The first kappa shape index (κ1) is 15.0. The maximum atomic E-state index is 3.93. The molecule has 2 nitrogen and oxygen atoms in total. The van der Waals surface area contributed by atoms with Gasteiger partial charge in [-0.2, -0.15) is 0 Å². The Hall–Kier alpha value is -0.380. The van der Waals surface area contributed by atoms with Crippen molar-refractivity contribution in [2.45, 2.75) is 52.1 Å². The van der Waals surface area contributed by atoms with Crippen molar-refractivity contribution < 1.29 is 0 Å². The number of nitrogens with one attached hydrogen (secondary N) is 1. The summed E-state index contributed by atoms with van der Waals surface area (Å²) in [5.74, 6) is 0.657. The van der Waals surface area contributed by atoms with Gasteiger partial charge in [0, 0.05) is 17.0 Å². The van der Waals surface area contributed by atoms with Crippen LogP contribution in [0.3, 0.4) is 0 Å². The monoisotopic (exact) mass is 280 g/mol. The van der Waals surface area contributed by atoms with Crippen molar-refractivity contribution in [2.24, 2.45) is 5.92 Å². The summed E-state index contributed by atoms with van der Waals surface area (Å²) >= 11 is 1.89. The van der Waals surface area contributed by atoms with Crippen molar-refractivity contribution in [3.63, 3.8) is 0 Å². The molecular formula is C16H28N2S. The van der Waals surface area contributed by atoms with E-state index in [4.69, 9.17) is 0 Å². The second kappa shape index (κ2) is 7.41. The zero-order chi connectivity index (χ0) is 13.7. The predicted molar refractivity (Wildman–Crippen MR) is 84.8 cm³/mol. The van der Waals surface area contributed by atoms with Gasteiger partial charge >= 0.3 is 0 Å². The van der Waals surface area contributed by atoms with E-state index in [1.54, 1.807) is 0 Å². The highest BCUT2D eigenvalue weighted by Crippen LogP contribution is 2.27. The van der Waals surface area contributed by atoms with E-state index in [1.165, 1.54) is 43.8 Å². The van der Waals surface area contributed by atoms with Gasteiger partial charge < -0.3 is 10.2 Å². The van der Waals surface area contributed by atoms with Gasteiger partial charge in [-0.25, -0.2) is 0 Å². The fourth-order valence-electron chi connectivity index (χ4n) is 2.96. The van der Waals surface area contributed by atoms with Gasteiger partial charge in [0.2, 0.25) is 0 Å². The molecule has 0 amide bonds. The third kappa shape index (κ3) is 4.30. The summed E-state index contributed by atoms with van der Waals surface area (Å²) in [4.78, 5) is 4.07. The quantitative estimate of drug-likeness (QED) is 0.879. The van der Waals surface area contributed by atoms with Gasteiger partial charge in [-0.1, -0.05) is 26.8 Å². The Bertz CT molecular complexity index is 348. The second-order valence-corrected chi connectivity index (χ2v) is 6.95. The molecule has 1 aromatic rings. The minimum Gasteiger partial charge on any atom is -0.306 e. The van der Waals surface area contributed by atoms with Crippen LogP contribution in [0.25, 0.3) is 0 Å². The Morgan fingerprint density at radius 2 is 2.21 bits per heavy atom. The molecule has 2 rings (SSSR count). The zero-order valence-corrected chi connectivity index (χ0v) is 13.4. The maximum absolute atomic E-state index is 3.93. The molecule has 1 N–H and O–H groups in total. The molecule has 0 bridgehead atoms. The molecule has 2 heterocycles. The lowest BCUT2D eigenvalue weighted by atomic mass is 9.99. The molecule has 19 heavy (non-hydrogen) atoms. The van der Waals surface area contributed by atoms with Gasteiger partial charge in [0.05, 0.1) is 0 Å². The molecule has 0 saturated carbocycles. The van der Waals surface area contributed by atoms with E-state index in [1.807, 2.05) is 11.3 Å². The number of hydrogen-bond donors (Lipinski definition) is 1. The SMILES string of the molecule is CCN1CCCC(NC(c2cccs2)C(C)C)CC1. The normalized spacial score (nSPS) is 23.5. The molecule has 3 heteroatoms. The molecule has 1 aromatic heterocycles. The molecular weight excluding hydrogens is 252 g/mol. The van der Waals surface area contributed by atoms with Gasteiger partial charge in [-0.15, -0.1) is 11.3 Å². The number of thiophene rings is 1. The number of hydrogen-bond acceptors (Lipinski definition) is 3. The lowest BCUT2D eigenvalue weighted by Gasteiger charge is -2.27. The minimum absolute atomic E-state index is 0.526. The van der Waals surface area contributed by atoms with E-state index in [-0.39, 0.29) is 0 Å². The van der Waals surface area contributed by atoms with Crippen LogP contribution in [0.4, 0.5) is 0 Å². The van der Waals surface area contributed by atoms with Crippen molar-refractivity contribution >= 4 is 11.3 Å². The third-order valence-corrected chi connectivity index (χ3v) is 5.15. The van der Waals surface area contributed by atoms with Crippen LogP contribution >= 0.6 is 11.3 Å². The fourth-order valence-corrected chi connectivity index (χ4v) is 3.92. The van der Waals surface area contributed by atoms with E-state index in [9.17, 15) is 0 Å². The van der Waals surface area contributed by atoms with Crippen molar-refractivity contribution in [1.29, 1.82) is 0 Å². The summed E-state index contributed by atoms with van der Waals surface area (Å²) in [6.45, 7) is 10.7. The summed E-state index contributed by atoms with van der Waals surface area (Å²) in [5, 5.41) is 6.12. The van der Waals surface area contributed by atoms with Gasteiger partial charge in [-0.3, -0.25) is 0 Å². The fraction of sp³-hybridized carbons (Fsp3) is 0.750. The van der Waals surface area contributed by atoms with E-state index < -0.39 is 0 Å². The van der Waals surface area contributed by atoms with Gasteiger partial charge in [0.1, 0.15) is 0 Å². The van der Waals surface area contributed by atoms with Crippen LogP contribution in [-0.4, -0.2) is 30.6 Å². The molecule has 0 spiro atoms. The Kier molecular flexibility index (Phi) is 5.86. The smallest absolute Gasteiger partial charge is 0.0440 e. The predicted octanol–water partition coefficient (Wildman–Crippen LogP) is 3.91. The first-order valence-corrected chi connectivity index (χ1v) is 8.60. The summed E-state index contributed by atoms with van der Waals surface area (Å²) in [5.41, 5.74) is 0. The molecule has 1 fully saturated rings. The van der Waals surface area contributed by atoms with Crippen LogP contribution in [0.15, 0.2) is 17.5 Å². The molecule has 1 saturated heterocycles. The van der Waals surface area contributed by atoms with Crippen LogP contribution in [0.1, 0.15) is 51.0 Å². The molecule has 0 aromatic carbocycles. The molecule has 0 aliphatic carbocycles. The highest BCUT2D eigenvalue weighted by Gasteiger charge is 2.22. The lowest BCUT2D eigenvalue weighted by molar-refractivity contribution is 0.291. The average molecular weight is 280 g/mol. The van der Waals surface area contributed by atoms with Gasteiger partial charge in [0.25, 0.3) is 0 Å². The Morgan fingerprint density at radius 3 is 2.84 bits per heavy atom.